The fourth-order valence-electron chi connectivity index (χ4n) is 3.07. The Hall–Kier alpha value is -2.83. The first-order valence-corrected chi connectivity index (χ1v) is 10.6. The molecule has 1 aromatic heterocycles. The minimum Gasteiger partial charge on any atom is -0.357 e. The second-order valence-electron chi connectivity index (χ2n) is 8.53. The largest absolute Gasteiger partial charge is 0.357 e. The first-order chi connectivity index (χ1) is 14.2. The second-order valence-corrected chi connectivity index (χ2v) is 8.53. The monoisotopic (exact) mass is 412 g/mol. The Bertz CT molecular complexity index is 863. The number of amides is 1. The highest BCUT2D eigenvalue weighted by molar-refractivity contribution is 5.94. The molecule has 0 unspecified atom stereocenters. The van der Waals surface area contributed by atoms with Gasteiger partial charge in [0.25, 0.3) is 5.91 Å². The molecule has 1 heterocycles. The molecule has 7 nitrogen and oxygen atoms in total. The van der Waals surface area contributed by atoms with Crippen molar-refractivity contribution in [3.05, 3.63) is 52.8 Å². The molecule has 7 heteroatoms. The van der Waals surface area contributed by atoms with Crippen LogP contribution in [0.1, 0.15) is 61.4 Å². The molecule has 0 aliphatic heterocycles. The number of rotatable bonds is 8. The standard InChI is InChI=1S/C23H36N6O/c1-7-24-22(25-12-9-13-29-18(3)14-17(2)28-29)26-16-19-10-8-11-20(15-19)21(30)27-23(4,5)6/h8,10-11,14-15H,7,9,12-13,16H2,1-6H3,(H,27,30)(H2,24,25,26). The third kappa shape index (κ3) is 7.89. The maximum absolute atomic E-state index is 12.4. The summed E-state index contributed by atoms with van der Waals surface area (Å²) in [5, 5.41) is 14.1. The second kappa shape index (κ2) is 10.8. The molecule has 2 aromatic rings. The summed E-state index contributed by atoms with van der Waals surface area (Å²) in [6, 6.07) is 9.71. The SMILES string of the molecule is CCNC(=NCc1cccc(C(=O)NC(C)(C)C)c1)NCCCn1nc(C)cc1C. The summed E-state index contributed by atoms with van der Waals surface area (Å²) in [5.41, 5.74) is 3.62. The molecule has 164 valence electrons. The van der Waals surface area contributed by atoms with E-state index in [1.165, 1.54) is 5.69 Å². The predicted octanol–water partition coefficient (Wildman–Crippen LogP) is 3.17. The fraction of sp³-hybridized carbons (Fsp3) is 0.522. The van der Waals surface area contributed by atoms with Crippen molar-refractivity contribution in [1.82, 2.24) is 25.7 Å². The van der Waals surface area contributed by atoms with Gasteiger partial charge in [0.15, 0.2) is 5.96 Å². The molecule has 0 radical (unpaired) electrons. The Labute approximate surface area is 180 Å². The van der Waals surface area contributed by atoms with Crippen molar-refractivity contribution in [2.75, 3.05) is 13.1 Å². The van der Waals surface area contributed by atoms with Crippen LogP contribution in [-0.4, -0.2) is 40.3 Å². The van der Waals surface area contributed by atoms with Gasteiger partial charge in [0.2, 0.25) is 0 Å². The van der Waals surface area contributed by atoms with Gasteiger partial charge in [0.1, 0.15) is 0 Å². The van der Waals surface area contributed by atoms with E-state index < -0.39 is 0 Å². The molecule has 1 amide bonds. The van der Waals surface area contributed by atoms with Gasteiger partial charge in [-0.3, -0.25) is 9.48 Å². The van der Waals surface area contributed by atoms with E-state index in [1.54, 1.807) is 0 Å². The van der Waals surface area contributed by atoms with Crippen LogP contribution in [0.5, 0.6) is 0 Å². The number of carbonyl (C=O) groups excluding carboxylic acids is 1. The lowest BCUT2D eigenvalue weighted by Crippen LogP contribution is -2.40. The molecule has 0 saturated heterocycles. The summed E-state index contributed by atoms with van der Waals surface area (Å²) in [5.74, 6) is 0.706. The number of guanidine groups is 1. The van der Waals surface area contributed by atoms with Crippen molar-refractivity contribution in [2.24, 2.45) is 4.99 Å². The molecule has 0 saturated carbocycles. The van der Waals surface area contributed by atoms with E-state index in [0.717, 1.165) is 43.3 Å². The number of benzene rings is 1. The van der Waals surface area contributed by atoms with E-state index in [4.69, 9.17) is 0 Å². The van der Waals surface area contributed by atoms with Crippen molar-refractivity contribution in [2.45, 2.75) is 66.6 Å². The molecule has 0 aliphatic carbocycles. The third-order valence-corrected chi connectivity index (χ3v) is 4.38. The van der Waals surface area contributed by atoms with Gasteiger partial charge in [-0.25, -0.2) is 4.99 Å². The van der Waals surface area contributed by atoms with E-state index >= 15 is 0 Å². The minimum absolute atomic E-state index is 0.0671. The fourth-order valence-corrected chi connectivity index (χ4v) is 3.07. The highest BCUT2D eigenvalue weighted by Crippen LogP contribution is 2.09. The minimum atomic E-state index is -0.263. The van der Waals surface area contributed by atoms with Gasteiger partial charge in [0.05, 0.1) is 12.2 Å². The Morgan fingerprint density at radius 1 is 1.17 bits per heavy atom. The summed E-state index contributed by atoms with van der Waals surface area (Å²) < 4.78 is 2.04. The summed E-state index contributed by atoms with van der Waals surface area (Å²) >= 11 is 0. The van der Waals surface area contributed by atoms with E-state index in [2.05, 4.69) is 39.0 Å². The molecule has 1 aromatic carbocycles. The Morgan fingerprint density at radius 2 is 1.93 bits per heavy atom. The lowest BCUT2D eigenvalue weighted by Gasteiger charge is -2.20. The van der Waals surface area contributed by atoms with Gasteiger partial charge in [0, 0.05) is 36.4 Å². The number of hydrogen-bond donors (Lipinski definition) is 3. The summed E-state index contributed by atoms with van der Waals surface area (Å²) in [6.07, 6.45) is 0.953. The van der Waals surface area contributed by atoms with Crippen molar-refractivity contribution >= 4 is 11.9 Å². The number of hydrogen-bond acceptors (Lipinski definition) is 3. The van der Waals surface area contributed by atoms with Crippen LogP contribution >= 0.6 is 0 Å². The number of aliphatic imine (C=N–C) groups is 1. The quantitative estimate of drug-likeness (QED) is 0.353. The number of aryl methyl sites for hydroxylation is 3. The Kier molecular flexibility index (Phi) is 8.45. The molecule has 2 rings (SSSR count). The van der Waals surface area contributed by atoms with Crippen molar-refractivity contribution in [3.63, 3.8) is 0 Å². The van der Waals surface area contributed by atoms with E-state index in [0.29, 0.717) is 12.1 Å². The van der Waals surface area contributed by atoms with Crippen LogP contribution in [0.2, 0.25) is 0 Å². The molecule has 0 spiro atoms. The smallest absolute Gasteiger partial charge is 0.251 e. The third-order valence-electron chi connectivity index (χ3n) is 4.38. The first kappa shape index (κ1) is 23.4. The average Bonchev–Trinajstić information content (AvgIpc) is 2.99. The first-order valence-electron chi connectivity index (χ1n) is 10.6. The zero-order valence-electron chi connectivity index (χ0n) is 19.2. The van der Waals surface area contributed by atoms with Crippen LogP contribution in [-0.2, 0) is 13.1 Å². The molecule has 0 fully saturated rings. The topological polar surface area (TPSA) is 83.3 Å². The van der Waals surface area contributed by atoms with Crippen molar-refractivity contribution in [3.8, 4) is 0 Å². The molecule has 0 aliphatic rings. The van der Waals surface area contributed by atoms with Gasteiger partial charge < -0.3 is 16.0 Å². The number of nitrogens with one attached hydrogen (secondary N) is 3. The summed E-state index contributed by atoms with van der Waals surface area (Å²) in [4.78, 5) is 17.1. The van der Waals surface area contributed by atoms with Crippen molar-refractivity contribution < 1.29 is 4.79 Å². The van der Waals surface area contributed by atoms with Crippen LogP contribution < -0.4 is 16.0 Å². The lowest BCUT2D eigenvalue weighted by molar-refractivity contribution is 0.0919. The highest BCUT2D eigenvalue weighted by atomic mass is 16.1. The van der Waals surface area contributed by atoms with Crippen LogP contribution in [0.15, 0.2) is 35.3 Å². The number of nitrogens with zero attached hydrogens (tertiary/aromatic N) is 3. The Balaban J connectivity index is 1.91. The Morgan fingerprint density at radius 3 is 2.57 bits per heavy atom. The average molecular weight is 413 g/mol. The predicted molar refractivity (Wildman–Crippen MR) is 123 cm³/mol. The molecule has 3 N–H and O–H groups in total. The van der Waals surface area contributed by atoms with Gasteiger partial charge >= 0.3 is 0 Å². The van der Waals surface area contributed by atoms with Crippen molar-refractivity contribution in [1.29, 1.82) is 0 Å². The molecular formula is C23H36N6O. The zero-order valence-corrected chi connectivity index (χ0v) is 19.2. The van der Waals surface area contributed by atoms with Gasteiger partial charge in [-0.05, 0) is 71.7 Å². The van der Waals surface area contributed by atoms with Crippen LogP contribution in [0.4, 0.5) is 0 Å². The normalized spacial score (nSPS) is 12.0. The molecule has 0 atom stereocenters. The molecule has 30 heavy (non-hydrogen) atoms. The van der Waals surface area contributed by atoms with Gasteiger partial charge in [-0.15, -0.1) is 0 Å². The van der Waals surface area contributed by atoms with Gasteiger partial charge in [-0.1, -0.05) is 12.1 Å². The van der Waals surface area contributed by atoms with E-state index in [9.17, 15) is 4.79 Å². The van der Waals surface area contributed by atoms with Gasteiger partial charge in [-0.2, -0.15) is 5.10 Å². The summed E-state index contributed by atoms with van der Waals surface area (Å²) in [7, 11) is 0. The van der Waals surface area contributed by atoms with Crippen LogP contribution in [0.25, 0.3) is 0 Å². The highest BCUT2D eigenvalue weighted by Gasteiger charge is 2.15. The molecular weight excluding hydrogens is 376 g/mol. The molecule has 0 bridgehead atoms. The van der Waals surface area contributed by atoms with Crippen LogP contribution in [0.3, 0.4) is 0 Å². The van der Waals surface area contributed by atoms with Crippen LogP contribution in [0, 0.1) is 13.8 Å². The number of aromatic nitrogens is 2. The number of carbonyl (C=O) groups is 1. The maximum Gasteiger partial charge on any atom is 0.251 e. The summed E-state index contributed by atoms with van der Waals surface area (Å²) in [6.45, 7) is 15.0. The lowest BCUT2D eigenvalue weighted by atomic mass is 10.1. The maximum atomic E-state index is 12.4. The van der Waals surface area contributed by atoms with E-state index in [-0.39, 0.29) is 11.4 Å². The van der Waals surface area contributed by atoms with E-state index in [1.807, 2.05) is 63.6 Å². The zero-order chi connectivity index (χ0) is 22.1.